The maximum Gasteiger partial charge on any atom is 0.0734 e. The summed E-state index contributed by atoms with van der Waals surface area (Å²) in [4.78, 5) is 7.56. The number of para-hydroxylation sites is 1. The van der Waals surface area contributed by atoms with Crippen molar-refractivity contribution in [3.05, 3.63) is 48.4 Å². The van der Waals surface area contributed by atoms with E-state index < -0.39 is 0 Å². The molecule has 1 aromatic carbocycles. The number of hydrogen-bond acceptors (Lipinski definition) is 2. The number of aromatic amines is 1. The molecule has 0 amide bonds. The van der Waals surface area contributed by atoms with Crippen LogP contribution in [0.2, 0.25) is 0 Å². The van der Waals surface area contributed by atoms with Gasteiger partial charge in [0.2, 0.25) is 0 Å². The predicted octanol–water partition coefficient (Wildman–Crippen LogP) is 3.36. The first-order valence-electron chi connectivity index (χ1n) is 5.90. The van der Waals surface area contributed by atoms with Gasteiger partial charge in [0.1, 0.15) is 0 Å². The van der Waals surface area contributed by atoms with Crippen LogP contribution in [0.1, 0.15) is 5.56 Å². The molecule has 0 atom stereocenters. The van der Waals surface area contributed by atoms with Gasteiger partial charge in [0, 0.05) is 50.1 Å². The van der Waals surface area contributed by atoms with Crippen molar-refractivity contribution in [3.8, 4) is 0 Å². The number of H-pyrrole nitrogens is 1. The van der Waals surface area contributed by atoms with Gasteiger partial charge in [0.05, 0.1) is 5.45 Å². The fourth-order valence-electron chi connectivity index (χ4n) is 1.84. The second-order valence-corrected chi connectivity index (χ2v) is 4.99. The maximum absolute atomic E-state index is 3.52. The molecule has 3 nitrogen and oxygen atoms in total. The summed E-state index contributed by atoms with van der Waals surface area (Å²) in [7, 11) is 4.04. The Hall–Kier alpha value is -1.42. The molecule has 0 fully saturated rings. The molecule has 0 aliphatic carbocycles. The van der Waals surface area contributed by atoms with Gasteiger partial charge in [-0.25, -0.2) is 0 Å². The summed E-state index contributed by atoms with van der Waals surface area (Å²) in [6, 6.07) is 8.39. The number of fused-ring (bicyclic) bond motifs is 1. The quantitative estimate of drug-likeness (QED) is 0.676. The minimum Gasteiger partial charge on any atom is -0.382 e. The summed E-state index contributed by atoms with van der Waals surface area (Å²) in [5, 5.41) is 1.29. The van der Waals surface area contributed by atoms with Crippen LogP contribution >= 0.6 is 15.9 Å². The first kappa shape index (κ1) is 13.0. The lowest BCUT2D eigenvalue weighted by Crippen LogP contribution is -2.15. The molecule has 0 aliphatic heterocycles. The molecule has 2 rings (SSSR count). The number of hydrogen-bond donors (Lipinski definition) is 1. The molecule has 1 aromatic heterocycles. The average Bonchev–Trinajstić information content (AvgIpc) is 2.77. The van der Waals surface area contributed by atoms with Gasteiger partial charge in [0.25, 0.3) is 0 Å². The molecule has 0 bridgehead atoms. The monoisotopic (exact) mass is 307 g/mol. The van der Waals surface area contributed by atoms with Gasteiger partial charge in [-0.05, 0) is 11.6 Å². The summed E-state index contributed by atoms with van der Waals surface area (Å²) in [5.74, 6) is 0. The zero-order valence-electron chi connectivity index (χ0n) is 10.7. The highest BCUT2D eigenvalue weighted by molar-refractivity contribution is 9.09. The van der Waals surface area contributed by atoms with E-state index in [1.807, 2.05) is 19.0 Å². The summed E-state index contributed by atoms with van der Waals surface area (Å²) in [5.41, 5.74) is 3.32. The zero-order valence-corrected chi connectivity index (χ0v) is 12.3. The Bertz CT molecular complexity index is 531. The van der Waals surface area contributed by atoms with Crippen molar-refractivity contribution >= 4 is 26.8 Å². The van der Waals surface area contributed by atoms with E-state index in [1.54, 1.807) is 0 Å². The van der Waals surface area contributed by atoms with E-state index in [2.05, 4.69) is 68.7 Å². The fraction of sp³-hybridized carbons (Fsp3) is 0.286. The van der Waals surface area contributed by atoms with Gasteiger partial charge in [-0.3, -0.25) is 0 Å². The van der Waals surface area contributed by atoms with Crippen molar-refractivity contribution in [2.75, 3.05) is 19.5 Å². The second kappa shape index (κ2) is 5.96. The molecule has 1 N–H and O–H groups in total. The highest BCUT2D eigenvalue weighted by atomic mass is 79.9. The number of halogens is 1. The first-order valence-corrected chi connectivity index (χ1v) is 7.02. The summed E-state index contributed by atoms with van der Waals surface area (Å²) < 4.78 is 0. The first-order chi connectivity index (χ1) is 8.70. The lowest BCUT2D eigenvalue weighted by Gasteiger charge is -2.17. The maximum atomic E-state index is 3.52. The van der Waals surface area contributed by atoms with Crippen molar-refractivity contribution in [1.29, 1.82) is 0 Å². The van der Waals surface area contributed by atoms with Gasteiger partial charge in [-0.15, -0.1) is 0 Å². The van der Waals surface area contributed by atoms with Crippen LogP contribution in [-0.2, 0) is 6.54 Å². The van der Waals surface area contributed by atoms with Crippen molar-refractivity contribution in [3.63, 3.8) is 0 Å². The van der Waals surface area contributed by atoms with E-state index in [9.17, 15) is 0 Å². The summed E-state index contributed by atoms with van der Waals surface area (Å²) in [6.07, 6.45) is 6.23. The van der Waals surface area contributed by atoms with E-state index in [-0.39, 0.29) is 0 Å². The van der Waals surface area contributed by atoms with Crippen LogP contribution in [0.4, 0.5) is 0 Å². The molecule has 96 valence electrons. The molecule has 0 radical (unpaired) electrons. The summed E-state index contributed by atoms with van der Waals surface area (Å²) in [6.45, 7) is 0.888. The lowest BCUT2D eigenvalue weighted by molar-refractivity contribution is 0.425. The van der Waals surface area contributed by atoms with Crippen molar-refractivity contribution in [1.82, 2.24) is 14.8 Å². The Balaban J connectivity index is 2.16. The highest BCUT2D eigenvalue weighted by Crippen LogP contribution is 2.19. The Labute approximate surface area is 116 Å². The number of nitrogens with zero attached hydrogens (tertiary/aromatic N) is 2. The molecule has 1 heterocycles. The van der Waals surface area contributed by atoms with Crippen LogP contribution in [0.5, 0.6) is 0 Å². The Morgan fingerprint density at radius 2 is 2.00 bits per heavy atom. The van der Waals surface area contributed by atoms with Crippen molar-refractivity contribution in [2.45, 2.75) is 6.54 Å². The molecule has 0 spiro atoms. The minimum absolute atomic E-state index is 0.816. The van der Waals surface area contributed by atoms with Gasteiger partial charge >= 0.3 is 0 Å². The molecule has 0 saturated carbocycles. The molecule has 0 saturated heterocycles. The van der Waals surface area contributed by atoms with E-state index in [1.165, 1.54) is 16.5 Å². The third-order valence-corrected chi connectivity index (χ3v) is 3.42. The lowest BCUT2D eigenvalue weighted by atomic mass is 10.2. The topological polar surface area (TPSA) is 22.3 Å². The molecule has 18 heavy (non-hydrogen) atoms. The standard InChI is InChI=1S/C14H18BrN3/c1-17(2)7-8-18(11-15)10-12-9-16-14-6-4-3-5-13(12)14/h3-9,16H,10-11H2,1-2H3/b8-7+. The largest absolute Gasteiger partial charge is 0.382 e. The average molecular weight is 308 g/mol. The van der Waals surface area contributed by atoms with E-state index >= 15 is 0 Å². The van der Waals surface area contributed by atoms with Crippen LogP contribution in [0, 0.1) is 0 Å². The Morgan fingerprint density at radius 1 is 1.22 bits per heavy atom. The molecule has 4 heteroatoms. The second-order valence-electron chi connectivity index (χ2n) is 4.49. The zero-order chi connectivity index (χ0) is 13.0. The van der Waals surface area contributed by atoms with Crippen LogP contribution in [0.3, 0.4) is 0 Å². The minimum atomic E-state index is 0.816. The van der Waals surface area contributed by atoms with Crippen molar-refractivity contribution in [2.24, 2.45) is 0 Å². The molecule has 2 aromatic rings. The van der Waals surface area contributed by atoms with Gasteiger partial charge < -0.3 is 14.8 Å². The van der Waals surface area contributed by atoms with E-state index in [0.29, 0.717) is 0 Å². The highest BCUT2D eigenvalue weighted by Gasteiger charge is 2.05. The van der Waals surface area contributed by atoms with Crippen LogP contribution < -0.4 is 0 Å². The SMILES string of the molecule is CN(C)/C=C/N(CBr)Cc1c[nH]c2ccccc12. The van der Waals surface area contributed by atoms with Crippen molar-refractivity contribution < 1.29 is 0 Å². The van der Waals surface area contributed by atoms with Gasteiger partial charge in [0.15, 0.2) is 0 Å². The molecule has 0 aliphatic rings. The van der Waals surface area contributed by atoms with Crippen LogP contribution in [-0.4, -0.2) is 34.3 Å². The van der Waals surface area contributed by atoms with E-state index in [4.69, 9.17) is 0 Å². The number of nitrogens with one attached hydrogen (secondary N) is 1. The van der Waals surface area contributed by atoms with Crippen LogP contribution in [0.25, 0.3) is 10.9 Å². The van der Waals surface area contributed by atoms with E-state index in [0.717, 1.165) is 12.0 Å². The number of benzene rings is 1. The number of alkyl halides is 1. The summed E-state index contributed by atoms with van der Waals surface area (Å²) >= 11 is 3.52. The molecule has 0 unspecified atom stereocenters. The predicted molar refractivity (Wildman–Crippen MR) is 80.5 cm³/mol. The molecular weight excluding hydrogens is 290 g/mol. The third kappa shape index (κ3) is 3.07. The number of rotatable bonds is 5. The fourth-order valence-corrected chi connectivity index (χ4v) is 2.19. The van der Waals surface area contributed by atoms with Gasteiger partial charge in [-0.1, -0.05) is 34.1 Å². The molecular formula is C14H18BrN3. The smallest absolute Gasteiger partial charge is 0.0734 e. The Morgan fingerprint density at radius 3 is 2.72 bits per heavy atom. The van der Waals surface area contributed by atoms with Crippen LogP contribution in [0.15, 0.2) is 42.9 Å². The third-order valence-electron chi connectivity index (χ3n) is 2.78. The number of aromatic nitrogens is 1. The Kier molecular flexibility index (Phi) is 4.31. The normalized spacial score (nSPS) is 11.3. The van der Waals surface area contributed by atoms with Gasteiger partial charge in [-0.2, -0.15) is 0 Å².